The van der Waals surface area contributed by atoms with Gasteiger partial charge in [0.1, 0.15) is 5.60 Å². The molecule has 1 fully saturated rings. The Bertz CT molecular complexity index is 2260. The number of halogens is 2. The van der Waals surface area contributed by atoms with Crippen molar-refractivity contribution in [1.82, 2.24) is 0 Å². The number of hydrogen-bond donors (Lipinski definition) is 1. The number of hydrogen-bond acceptors (Lipinski definition) is 5. The SMILES string of the molecule is COC(=O)C1(C#N)C(c2ccc(Br)cc2)CC(O)(c2ccc3ccccc3c2)C(C(=O)c2ccc3ccccc3c2)C1c1ccc(Br)cc1. The van der Waals surface area contributed by atoms with E-state index in [1.807, 2.05) is 127 Å². The van der Waals surface area contributed by atoms with Crippen molar-refractivity contribution in [2.75, 3.05) is 7.11 Å². The lowest BCUT2D eigenvalue weighted by molar-refractivity contribution is -0.162. The standard InChI is InChI=1S/C42H31Br2NO4/c1-49-40(47)41(25-45)36(28-13-18-34(43)19-14-28)24-42(48,33-17-12-27-7-3-5-9-31(27)23-33)38(37(41)29-15-20-35(44)21-16-29)39(46)32-11-10-26-6-2-4-8-30(26)22-32/h2-23,36-38,48H,24H2,1H3. The molecule has 6 aromatic carbocycles. The number of nitriles is 1. The van der Waals surface area contributed by atoms with Crippen molar-refractivity contribution in [1.29, 1.82) is 5.26 Å². The number of carbonyl (C=O) groups excluding carboxylic acids is 2. The van der Waals surface area contributed by atoms with Gasteiger partial charge in [-0.15, -0.1) is 0 Å². The molecule has 7 rings (SSSR count). The first-order valence-corrected chi connectivity index (χ1v) is 17.5. The highest BCUT2D eigenvalue weighted by Crippen LogP contribution is 2.64. The molecule has 0 amide bonds. The molecule has 5 unspecified atom stereocenters. The summed E-state index contributed by atoms with van der Waals surface area (Å²) in [5.41, 5.74) is -1.56. The van der Waals surface area contributed by atoms with Crippen LogP contribution in [0.3, 0.4) is 0 Å². The highest BCUT2D eigenvalue weighted by molar-refractivity contribution is 9.10. The topological polar surface area (TPSA) is 87.4 Å². The molecule has 0 radical (unpaired) electrons. The fourth-order valence-corrected chi connectivity index (χ4v) is 8.36. The maximum atomic E-state index is 15.3. The number of methoxy groups -OCH3 is 1. The number of benzene rings is 6. The summed E-state index contributed by atoms with van der Waals surface area (Å²) in [5, 5.41) is 28.5. The number of aliphatic hydroxyl groups is 1. The Morgan fingerprint density at radius 1 is 0.735 bits per heavy atom. The first-order valence-electron chi connectivity index (χ1n) is 15.9. The minimum Gasteiger partial charge on any atom is -0.468 e. The summed E-state index contributed by atoms with van der Waals surface area (Å²) in [6.07, 6.45) is -0.0906. The van der Waals surface area contributed by atoms with Crippen LogP contribution in [0.4, 0.5) is 0 Å². The second kappa shape index (κ2) is 13.0. The number of nitrogens with zero attached hydrogens (tertiary/aromatic N) is 1. The van der Waals surface area contributed by atoms with Crippen molar-refractivity contribution in [3.63, 3.8) is 0 Å². The van der Waals surface area contributed by atoms with Crippen LogP contribution in [0.15, 0.2) is 142 Å². The number of esters is 1. The Kier molecular flexibility index (Phi) is 8.74. The molecule has 0 spiro atoms. The van der Waals surface area contributed by atoms with Gasteiger partial charge in [-0.2, -0.15) is 5.26 Å². The summed E-state index contributed by atoms with van der Waals surface area (Å²) in [5.74, 6) is -4.36. The van der Waals surface area contributed by atoms with Gasteiger partial charge in [-0.1, -0.05) is 129 Å². The Morgan fingerprint density at radius 3 is 1.84 bits per heavy atom. The number of fused-ring (bicyclic) bond motifs is 2. The Hall–Kier alpha value is -4.61. The molecule has 5 nitrogen and oxygen atoms in total. The summed E-state index contributed by atoms with van der Waals surface area (Å²) in [6, 6.07) is 43.9. The molecule has 1 N–H and O–H groups in total. The molecule has 0 heterocycles. The van der Waals surface area contributed by atoms with E-state index in [9.17, 15) is 15.2 Å². The van der Waals surface area contributed by atoms with Crippen molar-refractivity contribution < 1.29 is 19.4 Å². The highest BCUT2D eigenvalue weighted by atomic mass is 79.9. The van der Waals surface area contributed by atoms with Crippen LogP contribution >= 0.6 is 31.9 Å². The average Bonchev–Trinajstić information content (AvgIpc) is 3.14. The van der Waals surface area contributed by atoms with E-state index >= 15 is 4.79 Å². The molecular formula is C42H31Br2NO4. The van der Waals surface area contributed by atoms with E-state index in [2.05, 4.69) is 37.9 Å². The molecule has 0 saturated heterocycles. The van der Waals surface area contributed by atoms with Crippen LogP contribution < -0.4 is 0 Å². The summed E-state index contributed by atoms with van der Waals surface area (Å²) >= 11 is 7.03. The molecule has 1 aliphatic carbocycles. The van der Waals surface area contributed by atoms with Gasteiger partial charge in [0.05, 0.1) is 19.1 Å². The predicted molar refractivity (Wildman–Crippen MR) is 198 cm³/mol. The fraction of sp³-hybridized carbons (Fsp3) is 0.167. The van der Waals surface area contributed by atoms with E-state index in [0.29, 0.717) is 22.3 Å². The van der Waals surface area contributed by atoms with Gasteiger partial charge in [0.2, 0.25) is 0 Å². The Labute approximate surface area is 301 Å². The lowest BCUT2D eigenvalue weighted by atomic mass is 9.47. The van der Waals surface area contributed by atoms with Crippen LogP contribution in [0, 0.1) is 22.7 Å². The zero-order valence-electron chi connectivity index (χ0n) is 26.5. The van der Waals surface area contributed by atoms with Crippen LogP contribution in [0.2, 0.25) is 0 Å². The lowest BCUT2D eigenvalue weighted by Crippen LogP contribution is -2.59. The van der Waals surface area contributed by atoms with E-state index in [1.54, 1.807) is 6.07 Å². The smallest absolute Gasteiger partial charge is 0.327 e. The predicted octanol–water partition coefficient (Wildman–Crippen LogP) is 9.86. The van der Waals surface area contributed by atoms with Gasteiger partial charge >= 0.3 is 5.97 Å². The van der Waals surface area contributed by atoms with Gasteiger partial charge in [0.25, 0.3) is 0 Å². The molecule has 0 aliphatic heterocycles. The third-order valence-electron chi connectivity index (χ3n) is 10.2. The molecule has 7 heteroatoms. The van der Waals surface area contributed by atoms with Crippen molar-refractivity contribution in [3.8, 4) is 6.07 Å². The van der Waals surface area contributed by atoms with E-state index in [0.717, 1.165) is 30.5 Å². The summed E-state index contributed by atoms with van der Waals surface area (Å²) in [6.45, 7) is 0. The molecule has 1 aliphatic rings. The van der Waals surface area contributed by atoms with Crippen molar-refractivity contribution >= 4 is 65.2 Å². The Morgan fingerprint density at radius 2 is 1.27 bits per heavy atom. The minimum absolute atomic E-state index is 0.0906. The maximum absolute atomic E-state index is 15.3. The molecule has 0 bridgehead atoms. The van der Waals surface area contributed by atoms with Gasteiger partial charge in [-0.25, -0.2) is 0 Å². The maximum Gasteiger partial charge on any atom is 0.327 e. The van der Waals surface area contributed by atoms with Gasteiger partial charge in [0.15, 0.2) is 11.2 Å². The normalized spacial score (nSPS) is 23.5. The van der Waals surface area contributed by atoms with Gasteiger partial charge in [0, 0.05) is 26.3 Å². The van der Waals surface area contributed by atoms with E-state index < -0.39 is 34.7 Å². The van der Waals surface area contributed by atoms with Gasteiger partial charge < -0.3 is 9.84 Å². The summed E-state index contributed by atoms with van der Waals surface area (Å²) < 4.78 is 7.10. The van der Waals surface area contributed by atoms with E-state index in [-0.39, 0.29) is 12.2 Å². The number of Topliss-reactive ketones (excluding diaryl/α,β-unsaturated/α-hetero) is 1. The van der Waals surface area contributed by atoms with Crippen LogP contribution in [-0.2, 0) is 15.1 Å². The molecule has 242 valence electrons. The molecule has 5 atom stereocenters. The largest absolute Gasteiger partial charge is 0.468 e. The average molecular weight is 774 g/mol. The Balaban J connectivity index is 1.57. The number of carbonyl (C=O) groups is 2. The lowest BCUT2D eigenvalue weighted by Gasteiger charge is -2.54. The second-order valence-corrected chi connectivity index (χ2v) is 14.5. The van der Waals surface area contributed by atoms with Crippen molar-refractivity contribution in [2.24, 2.45) is 11.3 Å². The van der Waals surface area contributed by atoms with E-state index in [1.165, 1.54) is 7.11 Å². The summed E-state index contributed by atoms with van der Waals surface area (Å²) in [7, 11) is 1.27. The second-order valence-electron chi connectivity index (χ2n) is 12.7. The van der Waals surface area contributed by atoms with Crippen LogP contribution in [0.5, 0.6) is 0 Å². The van der Waals surface area contributed by atoms with Crippen LogP contribution in [0.25, 0.3) is 21.5 Å². The molecule has 6 aromatic rings. The van der Waals surface area contributed by atoms with Crippen molar-refractivity contribution in [3.05, 3.63) is 165 Å². The van der Waals surface area contributed by atoms with Gasteiger partial charge in [-0.3, -0.25) is 9.59 Å². The number of rotatable bonds is 6. The third kappa shape index (κ3) is 5.58. The monoisotopic (exact) mass is 771 g/mol. The van der Waals surface area contributed by atoms with Crippen LogP contribution in [-0.4, -0.2) is 24.0 Å². The van der Waals surface area contributed by atoms with Gasteiger partial charge in [-0.05, 0) is 81.1 Å². The summed E-state index contributed by atoms with van der Waals surface area (Å²) in [4.78, 5) is 29.7. The minimum atomic E-state index is -1.89. The fourth-order valence-electron chi connectivity index (χ4n) is 7.83. The molecule has 0 aromatic heterocycles. The number of ether oxygens (including phenoxy) is 1. The van der Waals surface area contributed by atoms with E-state index in [4.69, 9.17) is 4.74 Å². The first-order chi connectivity index (χ1) is 23.7. The third-order valence-corrected chi connectivity index (χ3v) is 11.2. The van der Waals surface area contributed by atoms with Crippen LogP contribution in [0.1, 0.15) is 45.3 Å². The molecular weight excluding hydrogens is 742 g/mol. The molecule has 1 saturated carbocycles. The molecule has 49 heavy (non-hydrogen) atoms. The zero-order valence-corrected chi connectivity index (χ0v) is 29.7. The zero-order chi connectivity index (χ0) is 34.3. The first kappa shape index (κ1) is 32.9. The van der Waals surface area contributed by atoms with Crippen molar-refractivity contribution in [2.45, 2.75) is 23.9 Å². The quantitative estimate of drug-likeness (QED) is 0.135. The number of ketones is 1. The highest BCUT2D eigenvalue weighted by Gasteiger charge is 2.67.